The highest BCUT2D eigenvalue weighted by Gasteiger charge is 2.23. The van der Waals surface area contributed by atoms with Crippen molar-refractivity contribution < 1.29 is 4.52 Å². The van der Waals surface area contributed by atoms with E-state index >= 15 is 0 Å². The van der Waals surface area contributed by atoms with E-state index in [0.29, 0.717) is 11.6 Å². The molecule has 1 aliphatic rings. The van der Waals surface area contributed by atoms with E-state index in [1.807, 2.05) is 24.3 Å². The van der Waals surface area contributed by atoms with E-state index in [-0.39, 0.29) is 6.04 Å². The van der Waals surface area contributed by atoms with E-state index in [1.54, 1.807) is 0 Å². The van der Waals surface area contributed by atoms with Gasteiger partial charge in [-0.3, -0.25) is 5.10 Å². The molecule has 4 rings (SSSR count). The van der Waals surface area contributed by atoms with Crippen LogP contribution in [0.3, 0.4) is 0 Å². The first kappa shape index (κ1) is 10.7. The normalized spacial score (nSPS) is 19.3. The number of aromatic amines is 1. The second-order valence-corrected chi connectivity index (χ2v) is 4.72. The Morgan fingerprint density at radius 2 is 2.21 bits per heavy atom. The molecule has 1 unspecified atom stereocenters. The number of aromatic nitrogens is 4. The van der Waals surface area contributed by atoms with Gasteiger partial charge in [-0.15, -0.1) is 0 Å². The van der Waals surface area contributed by atoms with Crippen molar-refractivity contribution in [2.75, 3.05) is 6.54 Å². The predicted molar refractivity (Wildman–Crippen MR) is 69.4 cm³/mol. The van der Waals surface area contributed by atoms with Crippen molar-refractivity contribution in [3.63, 3.8) is 0 Å². The molecular weight excluding hydrogens is 242 g/mol. The van der Waals surface area contributed by atoms with Gasteiger partial charge < -0.3 is 9.84 Å². The van der Waals surface area contributed by atoms with Crippen LogP contribution in [-0.2, 0) is 0 Å². The Bertz CT molecular complexity index is 710. The molecule has 1 atom stereocenters. The van der Waals surface area contributed by atoms with Gasteiger partial charge in [0.05, 0.1) is 11.6 Å². The zero-order chi connectivity index (χ0) is 12.7. The van der Waals surface area contributed by atoms with E-state index in [4.69, 9.17) is 4.52 Å². The SMILES string of the molecule is c1ccc2c(-c3nc(C4CCCN4)no3)n[nH]c2c1. The third kappa shape index (κ3) is 1.72. The van der Waals surface area contributed by atoms with Crippen LogP contribution in [0.1, 0.15) is 24.7 Å². The summed E-state index contributed by atoms with van der Waals surface area (Å²) in [6, 6.07) is 8.11. The van der Waals surface area contributed by atoms with Crippen molar-refractivity contribution in [3.05, 3.63) is 30.1 Å². The van der Waals surface area contributed by atoms with Crippen molar-refractivity contribution >= 4 is 10.9 Å². The maximum atomic E-state index is 5.35. The average molecular weight is 255 g/mol. The van der Waals surface area contributed by atoms with Gasteiger partial charge in [-0.25, -0.2) is 0 Å². The maximum absolute atomic E-state index is 5.35. The molecule has 2 aromatic heterocycles. The highest BCUT2D eigenvalue weighted by atomic mass is 16.5. The van der Waals surface area contributed by atoms with Gasteiger partial charge in [-0.05, 0) is 25.5 Å². The molecule has 96 valence electrons. The number of hydrogen-bond donors (Lipinski definition) is 2. The van der Waals surface area contributed by atoms with E-state index in [2.05, 4.69) is 25.7 Å². The van der Waals surface area contributed by atoms with Crippen molar-refractivity contribution in [3.8, 4) is 11.6 Å². The first-order valence-electron chi connectivity index (χ1n) is 6.42. The lowest BCUT2D eigenvalue weighted by Gasteiger charge is -2.01. The van der Waals surface area contributed by atoms with Crippen LogP contribution in [0.2, 0.25) is 0 Å². The first-order valence-corrected chi connectivity index (χ1v) is 6.42. The Labute approximate surface area is 109 Å². The number of fused-ring (bicyclic) bond motifs is 1. The summed E-state index contributed by atoms with van der Waals surface area (Å²) in [5.41, 5.74) is 1.68. The van der Waals surface area contributed by atoms with Crippen LogP contribution in [0.4, 0.5) is 0 Å². The highest BCUT2D eigenvalue weighted by molar-refractivity contribution is 5.90. The minimum Gasteiger partial charge on any atom is -0.332 e. The topological polar surface area (TPSA) is 79.6 Å². The molecule has 3 aromatic rings. The van der Waals surface area contributed by atoms with Gasteiger partial charge in [0.25, 0.3) is 5.89 Å². The minimum atomic E-state index is 0.211. The van der Waals surface area contributed by atoms with Gasteiger partial charge in [0.15, 0.2) is 11.5 Å². The molecule has 1 saturated heterocycles. The number of benzene rings is 1. The lowest BCUT2D eigenvalue weighted by Crippen LogP contribution is -2.14. The molecule has 1 fully saturated rings. The summed E-state index contributed by atoms with van der Waals surface area (Å²) >= 11 is 0. The van der Waals surface area contributed by atoms with Crippen LogP contribution in [0.25, 0.3) is 22.5 Å². The third-order valence-electron chi connectivity index (χ3n) is 3.49. The molecule has 0 radical (unpaired) electrons. The van der Waals surface area contributed by atoms with Gasteiger partial charge in [0.2, 0.25) is 0 Å². The van der Waals surface area contributed by atoms with Gasteiger partial charge >= 0.3 is 0 Å². The zero-order valence-electron chi connectivity index (χ0n) is 10.3. The molecule has 1 aromatic carbocycles. The van der Waals surface area contributed by atoms with Crippen LogP contribution in [0, 0.1) is 0 Å². The maximum Gasteiger partial charge on any atom is 0.279 e. The molecule has 0 spiro atoms. The van der Waals surface area contributed by atoms with E-state index in [9.17, 15) is 0 Å². The molecule has 0 saturated carbocycles. The second-order valence-electron chi connectivity index (χ2n) is 4.72. The summed E-state index contributed by atoms with van der Waals surface area (Å²) in [6.45, 7) is 1.01. The number of nitrogens with one attached hydrogen (secondary N) is 2. The number of hydrogen-bond acceptors (Lipinski definition) is 5. The largest absolute Gasteiger partial charge is 0.332 e. The molecule has 0 amide bonds. The van der Waals surface area contributed by atoms with Crippen molar-refractivity contribution in [1.29, 1.82) is 0 Å². The summed E-state index contributed by atoms with van der Waals surface area (Å²) in [4.78, 5) is 4.46. The predicted octanol–water partition coefficient (Wildman–Crippen LogP) is 2.04. The molecule has 0 bridgehead atoms. The molecule has 0 aliphatic carbocycles. The van der Waals surface area contributed by atoms with Gasteiger partial charge in [0, 0.05) is 5.39 Å². The molecular formula is C13H13N5O. The van der Waals surface area contributed by atoms with Crippen LogP contribution in [0.15, 0.2) is 28.8 Å². The molecule has 19 heavy (non-hydrogen) atoms. The molecule has 2 N–H and O–H groups in total. The van der Waals surface area contributed by atoms with E-state index in [1.165, 1.54) is 0 Å². The molecule has 6 heteroatoms. The lowest BCUT2D eigenvalue weighted by atomic mass is 10.2. The van der Waals surface area contributed by atoms with Crippen molar-refractivity contribution in [2.45, 2.75) is 18.9 Å². The molecule has 3 heterocycles. The van der Waals surface area contributed by atoms with Gasteiger partial charge in [-0.1, -0.05) is 23.4 Å². The Kier molecular flexibility index (Phi) is 2.34. The highest BCUT2D eigenvalue weighted by Crippen LogP contribution is 2.27. The molecule has 6 nitrogen and oxygen atoms in total. The Morgan fingerprint density at radius 1 is 1.26 bits per heavy atom. The fourth-order valence-electron chi connectivity index (χ4n) is 2.50. The molecule has 1 aliphatic heterocycles. The number of para-hydroxylation sites is 1. The van der Waals surface area contributed by atoms with Crippen LogP contribution < -0.4 is 5.32 Å². The van der Waals surface area contributed by atoms with E-state index in [0.717, 1.165) is 36.1 Å². The summed E-state index contributed by atoms with van der Waals surface area (Å²) < 4.78 is 5.35. The van der Waals surface area contributed by atoms with Gasteiger partial charge in [0.1, 0.15) is 0 Å². The summed E-state index contributed by atoms with van der Waals surface area (Å²) in [7, 11) is 0. The zero-order valence-corrected chi connectivity index (χ0v) is 10.3. The smallest absolute Gasteiger partial charge is 0.279 e. The lowest BCUT2D eigenvalue weighted by molar-refractivity contribution is 0.411. The van der Waals surface area contributed by atoms with Gasteiger partial charge in [-0.2, -0.15) is 10.1 Å². The third-order valence-corrected chi connectivity index (χ3v) is 3.49. The van der Waals surface area contributed by atoms with Crippen molar-refractivity contribution in [1.82, 2.24) is 25.7 Å². The standard InChI is InChI=1S/C13H13N5O/c1-2-5-9-8(4-1)11(17-16-9)13-15-12(18-19-13)10-6-3-7-14-10/h1-2,4-5,10,14H,3,6-7H2,(H,16,17). The van der Waals surface area contributed by atoms with Crippen LogP contribution in [-0.4, -0.2) is 26.9 Å². The minimum absolute atomic E-state index is 0.211. The Hall–Kier alpha value is -2.21. The number of nitrogens with zero attached hydrogens (tertiary/aromatic N) is 3. The summed E-state index contributed by atoms with van der Waals surface area (Å²) in [5.74, 6) is 1.20. The van der Waals surface area contributed by atoms with Crippen LogP contribution in [0.5, 0.6) is 0 Å². The summed E-state index contributed by atoms with van der Waals surface area (Å²) in [6.07, 6.45) is 2.21. The van der Waals surface area contributed by atoms with Crippen molar-refractivity contribution in [2.24, 2.45) is 0 Å². The monoisotopic (exact) mass is 255 g/mol. The quantitative estimate of drug-likeness (QED) is 0.732. The number of rotatable bonds is 2. The Balaban J connectivity index is 1.76. The first-order chi connectivity index (χ1) is 9.42. The number of H-pyrrole nitrogens is 1. The summed E-state index contributed by atoms with van der Waals surface area (Å²) in [5, 5.41) is 15.6. The Morgan fingerprint density at radius 3 is 3.11 bits per heavy atom. The average Bonchev–Trinajstić information content (AvgIpc) is 3.18. The second kappa shape index (κ2) is 4.17. The fourth-order valence-corrected chi connectivity index (χ4v) is 2.50. The van der Waals surface area contributed by atoms with Crippen LogP contribution >= 0.6 is 0 Å². The fraction of sp³-hybridized carbons (Fsp3) is 0.308. The van der Waals surface area contributed by atoms with E-state index < -0.39 is 0 Å².